The van der Waals surface area contributed by atoms with Crippen molar-refractivity contribution in [3.05, 3.63) is 83.9 Å². The zero-order valence-corrected chi connectivity index (χ0v) is 17.8. The summed E-state index contributed by atoms with van der Waals surface area (Å²) in [5.74, 6) is 1.17. The lowest BCUT2D eigenvalue weighted by molar-refractivity contribution is 0.0843. The first-order valence-corrected chi connectivity index (χ1v) is 11.0. The Hall–Kier alpha value is -3.64. The van der Waals surface area contributed by atoms with Crippen molar-refractivity contribution in [2.24, 2.45) is 5.73 Å². The van der Waals surface area contributed by atoms with E-state index in [2.05, 4.69) is 45.2 Å². The number of nitrogens with zero attached hydrogens (tertiary/aromatic N) is 2. The number of amides is 1. The molecule has 0 aliphatic carbocycles. The second-order valence-electron chi connectivity index (χ2n) is 8.31. The van der Waals surface area contributed by atoms with Crippen molar-refractivity contribution >= 4 is 16.9 Å². The molecule has 0 bridgehead atoms. The highest BCUT2D eigenvalue weighted by molar-refractivity contribution is 5.96. The van der Waals surface area contributed by atoms with Gasteiger partial charge in [0.05, 0.1) is 11.0 Å². The van der Waals surface area contributed by atoms with Crippen LogP contribution < -0.4 is 10.5 Å². The van der Waals surface area contributed by atoms with Gasteiger partial charge in [-0.25, -0.2) is 4.98 Å². The Morgan fingerprint density at radius 3 is 2.69 bits per heavy atom. The minimum Gasteiger partial charge on any atom is -0.489 e. The summed E-state index contributed by atoms with van der Waals surface area (Å²) in [7, 11) is 0. The molecule has 1 atom stereocenters. The molecule has 1 amide bonds. The van der Waals surface area contributed by atoms with Gasteiger partial charge in [0, 0.05) is 24.2 Å². The number of primary amides is 1. The van der Waals surface area contributed by atoms with Crippen LogP contribution in [0.15, 0.2) is 72.8 Å². The van der Waals surface area contributed by atoms with Gasteiger partial charge in [-0.05, 0) is 67.4 Å². The van der Waals surface area contributed by atoms with Gasteiger partial charge >= 0.3 is 0 Å². The molecule has 5 rings (SSSR count). The van der Waals surface area contributed by atoms with Crippen molar-refractivity contribution in [3.8, 4) is 17.1 Å². The smallest absolute Gasteiger partial charge is 0.248 e. The number of carbonyl (C=O) groups is 1. The molecule has 0 saturated carbocycles. The van der Waals surface area contributed by atoms with Crippen LogP contribution in [0.5, 0.6) is 5.75 Å². The summed E-state index contributed by atoms with van der Waals surface area (Å²) in [4.78, 5) is 21.8. The molecule has 162 valence electrons. The van der Waals surface area contributed by atoms with E-state index in [4.69, 9.17) is 10.5 Å². The number of nitrogens with two attached hydrogens (primary N) is 1. The van der Waals surface area contributed by atoms with Crippen LogP contribution in [-0.2, 0) is 6.54 Å². The van der Waals surface area contributed by atoms with Gasteiger partial charge in [-0.2, -0.15) is 0 Å². The highest BCUT2D eigenvalue weighted by Crippen LogP contribution is 2.25. The Balaban J connectivity index is 1.24. The first-order valence-electron chi connectivity index (χ1n) is 11.0. The van der Waals surface area contributed by atoms with Gasteiger partial charge in [-0.15, -0.1) is 0 Å². The number of likely N-dealkylation sites (tertiary alicyclic amines) is 1. The van der Waals surface area contributed by atoms with Crippen LogP contribution >= 0.6 is 0 Å². The largest absolute Gasteiger partial charge is 0.489 e. The molecule has 3 aromatic carbocycles. The van der Waals surface area contributed by atoms with Gasteiger partial charge in [0.2, 0.25) is 5.91 Å². The third kappa shape index (κ3) is 4.50. The van der Waals surface area contributed by atoms with Crippen molar-refractivity contribution in [1.29, 1.82) is 0 Å². The van der Waals surface area contributed by atoms with Gasteiger partial charge in [-0.1, -0.05) is 30.3 Å². The molecular weight excluding hydrogens is 400 g/mol. The number of aromatic nitrogens is 2. The summed E-state index contributed by atoms with van der Waals surface area (Å²) in [6.07, 6.45) is 2.40. The molecule has 1 aliphatic heterocycles. The number of nitrogens with one attached hydrogen (secondary N) is 1. The summed E-state index contributed by atoms with van der Waals surface area (Å²) in [5, 5.41) is 0. The monoisotopic (exact) mass is 426 g/mol. The molecule has 32 heavy (non-hydrogen) atoms. The number of hydrogen-bond donors (Lipinski definition) is 2. The highest BCUT2D eigenvalue weighted by atomic mass is 16.5. The van der Waals surface area contributed by atoms with Crippen LogP contribution in [-0.4, -0.2) is 40.0 Å². The number of carbonyl (C=O) groups excluding carboxylic acids is 1. The SMILES string of the molecule is NC(=O)c1ccc2nc(-c3ccc(OC4CCCN(Cc5ccccc5)C4)cc3)[nH]c2c1. The predicted molar refractivity (Wildman–Crippen MR) is 125 cm³/mol. The van der Waals surface area contributed by atoms with E-state index in [-0.39, 0.29) is 6.10 Å². The maximum atomic E-state index is 11.4. The Kier molecular flexibility index (Phi) is 5.60. The van der Waals surface area contributed by atoms with E-state index in [1.165, 1.54) is 5.56 Å². The van der Waals surface area contributed by atoms with E-state index >= 15 is 0 Å². The number of hydrogen-bond acceptors (Lipinski definition) is 4. The first-order chi connectivity index (χ1) is 15.6. The molecule has 0 spiro atoms. The van der Waals surface area contributed by atoms with Crippen LogP contribution in [0.4, 0.5) is 0 Å². The predicted octanol–water partition coefficient (Wildman–Crippen LogP) is 4.37. The molecule has 1 aromatic heterocycles. The van der Waals surface area contributed by atoms with E-state index in [9.17, 15) is 4.79 Å². The van der Waals surface area contributed by atoms with Crippen LogP contribution in [0.25, 0.3) is 22.4 Å². The van der Waals surface area contributed by atoms with Gasteiger partial charge in [0.1, 0.15) is 17.7 Å². The zero-order chi connectivity index (χ0) is 21.9. The number of ether oxygens (including phenoxy) is 1. The van der Waals surface area contributed by atoms with Crippen LogP contribution in [0.1, 0.15) is 28.8 Å². The summed E-state index contributed by atoms with van der Waals surface area (Å²) in [5.41, 5.74) is 9.72. The van der Waals surface area contributed by atoms with Crippen LogP contribution in [0.3, 0.4) is 0 Å². The van der Waals surface area contributed by atoms with Gasteiger partial charge < -0.3 is 15.5 Å². The third-order valence-electron chi connectivity index (χ3n) is 5.91. The normalized spacial score (nSPS) is 16.8. The van der Waals surface area contributed by atoms with E-state index < -0.39 is 5.91 Å². The van der Waals surface area contributed by atoms with Gasteiger partial charge in [0.15, 0.2) is 0 Å². The maximum Gasteiger partial charge on any atom is 0.248 e. The minimum absolute atomic E-state index is 0.191. The van der Waals surface area contributed by atoms with E-state index in [0.29, 0.717) is 5.56 Å². The molecule has 1 fully saturated rings. The summed E-state index contributed by atoms with van der Waals surface area (Å²) >= 11 is 0. The number of fused-ring (bicyclic) bond motifs is 1. The minimum atomic E-state index is -0.449. The van der Waals surface area contributed by atoms with Crippen molar-refractivity contribution in [1.82, 2.24) is 14.9 Å². The lowest BCUT2D eigenvalue weighted by Gasteiger charge is -2.33. The molecule has 3 N–H and O–H groups in total. The molecule has 2 heterocycles. The maximum absolute atomic E-state index is 11.4. The summed E-state index contributed by atoms with van der Waals surface area (Å²) in [6.45, 7) is 3.00. The van der Waals surface area contributed by atoms with Crippen molar-refractivity contribution in [2.75, 3.05) is 13.1 Å². The molecule has 1 unspecified atom stereocenters. The molecule has 0 radical (unpaired) electrons. The fraction of sp³-hybridized carbons (Fsp3) is 0.231. The molecular formula is C26H26N4O2. The molecule has 6 heteroatoms. The van der Waals surface area contributed by atoms with Crippen molar-refractivity contribution in [2.45, 2.75) is 25.5 Å². The van der Waals surface area contributed by atoms with E-state index in [0.717, 1.165) is 60.6 Å². The van der Waals surface area contributed by atoms with E-state index in [1.807, 2.05) is 24.3 Å². The van der Waals surface area contributed by atoms with Gasteiger partial charge in [0.25, 0.3) is 0 Å². The van der Waals surface area contributed by atoms with Crippen LogP contribution in [0.2, 0.25) is 0 Å². The van der Waals surface area contributed by atoms with Gasteiger partial charge in [-0.3, -0.25) is 9.69 Å². The Morgan fingerprint density at radius 2 is 1.91 bits per heavy atom. The topological polar surface area (TPSA) is 84.2 Å². The van der Waals surface area contributed by atoms with E-state index in [1.54, 1.807) is 18.2 Å². The molecule has 4 aromatic rings. The second kappa shape index (κ2) is 8.85. The number of imidazole rings is 1. The lowest BCUT2D eigenvalue weighted by Crippen LogP contribution is -2.40. The van der Waals surface area contributed by atoms with Crippen molar-refractivity contribution in [3.63, 3.8) is 0 Å². The molecule has 1 aliphatic rings. The Morgan fingerprint density at radius 1 is 1.09 bits per heavy atom. The average Bonchev–Trinajstić information content (AvgIpc) is 3.24. The molecule has 1 saturated heterocycles. The highest BCUT2D eigenvalue weighted by Gasteiger charge is 2.21. The average molecular weight is 427 g/mol. The number of aromatic amines is 1. The number of benzene rings is 3. The van der Waals surface area contributed by atoms with Crippen LogP contribution in [0, 0.1) is 0 Å². The fourth-order valence-electron chi connectivity index (χ4n) is 4.28. The fourth-order valence-corrected chi connectivity index (χ4v) is 4.28. The Bertz CT molecular complexity index is 1220. The standard InChI is InChI=1S/C26H26N4O2/c27-25(31)20-10-13-23-24(15-20)29-26(28-23)19-8-11-21(12-9-19)32-22-7-4-14-30(17-22)16-18-5-2-1-3-6-18/h1-3,5-6,8-13,15,22H,4,7,14,16-17H2,(H2,27,31)(H,28,29). The Labute approximate surface area is 187 Å². The summed E-state index contributed by atoms with van der Waals surface area (Å²) < 4.78 is 6.29. The number of H-pyrrole nitrogens is 1. The lowest BCUT2D eigenvalue weighted by atomic mass is 10.1. The second-order valence-corrected chi connectivity index (χ2v) is 8.31. The molecule has 6 nitrogen and oxygen atoms in total. The number of rotatable bonds is 6. The first kappa shape index (κ1) is 20.3. The zero-order valence-electron chi connectivity index (χ0n) is 17.8. The number of piperidine rings is 1. The summed E-state index contributed by atoms with van der Waals surface area (Å²) in [6, 6.07) is 23.8. The quantitative estimate of drug-likeness (QED) is 0.479. The van der Waals surface area contributed by atoms with Crippen molar-refractivity contribution < 1.29 is 9.53 Å². The third-order valence-corrected chi connectivity index (χ3v) is 5.91.